The van der Waals surface area contributed by atoms with Crippen LogP contribution in [0.25, 0.3) is 0 Å². The first-order valence-corrected chi connectivity index (χ1v) is 7.08. The van der Waals surface area contributed by atoms with Crippen LogP contribution in [0.1, 0.15) is 5.56 Å². The van der Waals surface area contributed by atoms with Gasteiger partial charge in [0, 0.05) is 31.9 Å². The summed E-state index contributed by atoms with van der Waals surface area (Å²) in [5.74, 6) is -0.0684. The molecule has 0 spiro atoms. The molecule has 0 saturated carbocycles. The third kappa shape index (κ3) is 4.43. The molecule has 0 radical (unpaired) electrons. The molecular formula is C16H21N3O2. The molecule has 1 heterocycles. The highest BCUT2D eigenvalue weighted by Gasteiger charge is 2.20. The minimum absolute atomic E-state index is 0.0256. The summed E-state index contributed by atoms with van der Waals surface area (Å²) in [5, 5.41) is 2.88. The van der Waals surface area contributed by atoms with Crippen LogP contribution in [0.5, 0.6) is 0 Å². The van der Waals surface area contributed by atoms with E-state index in [1.807, 2.05) is 31.2 Å². The van der Waals surface area contributed by atoms with Gasteiger partial charge in [-0.05, 0) is 25.1 Å². The van der Waals surface area contributed by atoms with Crippen molar-refractivity contribution in [2.24, 2.45) is 0 Å². The molecule has 2 rings (SSSR count). The van der Waals surface area contributed by atoms with Crippen LogP contribution in [-0.4, -0.2) is 54.3 Å². The first-order chi connectivity index (χ1) is 10.1. The Morgan fingerprint density at radius 2 is 1.81 bits per heavy atom. The second-order valence-corrected chi connectivity index (χ2v) is 5.22. The van der Waals surface area contributed by atoms with Crippen molar-refractivity contribution in [3.05, 3.63) is 42.5 Å². The van der Waals surface area contributed by atoms with Gasteiger partial charge in [-0.3, -0.25) is 14.5 Å². The molecule has 0 aromatic heterocycles. The lowest BCUT2D eigenvalue weighted by molar-refractivity contribution is -0.128. The van der Waals surface area contributed by atoms with E-state index in [1.165, 1.54) is 6.08 Å². The number of carbonyl (C=O) groups excluding carboxylic acids is 2. The molecule has 0 bridgehead atoms. The van der Waals surface area contributed by atoms with E-state index in [4.69, 9.17) is 0 Å². The molecule has 1 fully saturated rings. The molecule has 0 atom stereocenters. The Balaban J connectivity index is 1.78. The summed E-state index contributed by atoms with van der Waals surface area (Å²) in [4.78, 5) is 27.3. The number of benzene rings is 1. The molecule has 1 saturated heterocycles. The van der Waals surface area contributed by atoms with E-state index in [2.05, 4.69) is 16.8 Å². The van der Waals surface area contributed by atoms with Crippen LogP contribution in [0.15, 0.2) is 36.9 Å². The summed E-state index contributed by atoms with van der Waals surface area (Å²) in [5.41, 5.74) is 1.97. The standard InChI is InChI=1S/C16H21N3O2/c1-3-16(21)19-10-8-18(9-11-19)12-15(20)17-14-6-4-13(2)5-7-14/h3-7H,1,8-12H2,2H3,(H,17,20). The number of hydrogen-bond acceptors (Lipinski definition) is 3. The van der Waals surface area contributed by atoms with E-state index in [1.54, 1.807) is 4.90 Å². The van der Waals surface area contributed by atoms with Crippen molar-refractivity contribution in [2.75, 3.05) is 38.0 Å². The molecule has 112 valence electrons. The van der Waals surface area contributed by atoms with Gasteiger partial charge in [0.2, 0.25) is 11.8 Å². The Kier molecular flexibility index (Phi) is 5.11. The van der Waals surface area contributed by atoms with Gasteiger partial charge in [-0.15, -0.1) is 0 Å². The van der Waals surface area contributed by atoms with Gasteiger partial charge in [0.15, 0.2) is 0 Å². The summed E-state index contributed by atoms with van der Waals surface area (Å²) >= 11 is 0. The van der Waals surface area contributed by atoms with Gasteiger partial charge in [-0.1, -0.05) is 24.3 Å². The number of nitrogens with one attached hydrogen (secondary N) is 1. The monoisotopic (exact) mass is 287 g/mol. The van der Waals surface area contributed by atoms with Gasteiger partial charge < -0.3 is 10.2 Å². The first-order valence-electron chi connectivity index (χ1n) is 7.08. The van der Waals surface area contributed by atoms with Crippen molar-refractivity contribution in [1.82, 2.24) is 9.80 Å². The number of nitrogens with zero attached hydrogens (tertiary/aromatic N) is 2. The summed E-state index contributed by atoms with van der Waals surface area (Å²) in [6.07, 6.45) is 1.33. The molecule has 1 aliphatic heterocycles. The molecule has 2 amide bonds. The van der Waals surface area contributed by atoms with Crippen molar-refractivity contribution in [1.29, 1.82) is 0 Å². The van der Waals surface area contributed by atoms with Crippen LogP contribution in [0.4, 0.5) is 5.69 Å². The number of amides is 2. The van der Waals surface area contributed by atoms with Crippen LogP contribution in [-0.2, 0) is 9.59 Å². The van der Waals surface area contributed by atoms with Gasteiger partial charge in [0.25, 0.3) is 0 Å². The quantitative estimate of drug-likeness (QED) is 0.848. The number of piperazine rings is 1. The molecule has 1 aromatic carbocycles. The Morgan fingerprint density at radius 3 is 2.38 bits per heavy atom. The maximum atomic E-state index is 12.0. The van der Waals surface area contributed by atoms with E-state index >= 15 is 0 Å². The van der Waals surface area contributed by atoms with E-state index in [0.717, 1.165) is 11.3 Å². The topological polar surface area (TPSA) is 52.7 Å². The molecule has 0 aliphatic carbocycles. The van der Waals surface area contributed by atoms with E-state index in [0.29, 0.717) is 32.7 Å². The molecule has 5 heteroatoms. The van der Waals surface area contributed by atoms with Crippen molar-refractivity contribution in [3.63, 3.8) is 0 Å². The van der Waals surface area contributed by atoms with Crippen LogP contribution in [0.2, 0.25) is 0 Å². The lowest BCUT2D eigenvalue weighted by Crippen LogP contribution is -2.50. The molecular weight excluding hydrogens is 266 g/mol. The summed E-state index contributed by atoms with van der Waals surface area (Å²) in [6, 6.07) is 7.73. The molecule has 1 aromatic rings. The predicted molar refractivity (Wildman–Crippen MR) is 83.0 cm³/mol. The van der Waals surface area contributed by atoms with E-state index in [-0.39, 0.29) is 11.8 Å². The van der Waals surface area contributed by atoms with Crippen LogP contribution >= 0.6 is 0 Å². The number of aryl methyl sites for hydroxylation is 1. The zero-order valence-electron chi connectivity index (χ0n) is 12.3. The second-order valence-electron chi connectivity index (χ2n) is 5.22. The lowest BCUT2D eigenvalue weighted by atomic mass is 10.2. The highest BCUT2D eigenvalue weighted by Crippen LogP contribution is 2.09. The minimum atomic E-state index is -0.0428. The highest BCUT2D eigenvalue weighted by atomic mass is 16.2. The normalized spacial score (nSPS) is 15.6. The number of anilines is 1. The average molecular weight is 287 g/mol. The first kappa shape index (κ1) is 15.3. The van der Waals surface area contributed by atoms with Crippen LogP contribution in [0.3, 0.4) is 0 Å². The number of rotatable bonds is 4. The third-order valence-electron chi connectivity index (χ3n) is 3.56. The molecule has 21 heavy (non-hydrogen) atoms. The summed E-state index contributed by atoms with van der Waals surface area (Å²) < 4.78 is 0. The van der Waals surface area contributed by atoms with Gasteiger partial charge in [0.05, 0.1) is 6.54 Å². The zero-order valence-corrected chi connectivity index (χ0v) is 12.3. The maximum absolute atomic E-state index is 12.0. The Labute approximate surface area is 125 Å². The average Bonchev–Trinajstić information content (AvgIpc) is 2.49. The van der Waals surface area contributed by atoms with Gasteiger partial charge in [0.1, 0.15) is 0 Å². The lowest BCUT2D eigenvalue weighted by Gasteiger charge is -2.33. The molecule has 5 nitrogen and oxygen atoms in total. The number of carbonyl (C=O) groups is 2. The third-order valence-corrected chi connectivity index (χ3v) is 3.56. The SMILES string of the molecule is C=CC(=O)N1CCN(CC(=O)Nc2ccc(C)cc2)CC1. The zero-order chi connectivity index (χ0) is 15.2. The largest absolute Gasteiger partial charge is 0.337 e. The smallest absolute Gasteiger partial charge is 0.246 e. The minimum Gasteiger partial charge on any atom is -0.337 e. The van der Waals surface area contributed by atoms with Gasteiger partial charge in [-0.25, -0.2) is 0 Å². The number of hydrogen-bond donors (Lipinski definition) is 1. The fourth-order valence-electron chi connectivity index (χ4n) is 2.30. The van der Waals surface area contributed by atoms with Crippen LogP contribution < -0.4 is 5.32 Å². The molecule has 0 unspecified atom stereocenters. The van der Waals surface area contributed by atoms with Gasteiger partial charge in [-0.2, -0.15) is 0 Å². The summed E-state index contributed by atoms with van der Waals surface area (Å²) in [6.45, 7) is 8.55. The van der Waals surface area contributed by atoms with Crippen molar-refractivity contribution < 1.29 is 9.59 Å². The predicted octanol–water partition coefficient (Wildman–Crippen LogP) is 1.26. The van der Waals surface area contributed by atoms with E-state index < -0.39 is 0 Å². The van der Waals surface area contributed by atoms with Gasteiger partial charge >= 0.3 is 0 Å². The Bertz CT molecular complexity index is 517. The fourth-order valence-corrected chi connectivity index (χ4v) is 2.30. The maximum Gasteiger partial charge on any atom is 0.246 e. The fraction of sp³-hybridized carbons (Fsp3) is 0.375. The van der Waals surface area contributed by atoms with Crippen molar-refractivity contribution in [3.8, 4) is 0 Å². The Hall–Kier alpha value is -2.14. The Morgan fingerprint density at radius 1 is 1.19 bits per heavy atom. The molecule has 1 aliphatic rings. The highest BCUT2D eigenvalue weighted by molar-refractivity contribution is 5.92. The molecule has 1 N–H and O–H groups in total. The van der Waals surface area contributed by atoms with Crippen molar-refractivity contribution in [2.45, 2.75) is 6.92 Å². The second kappa shape index (κ2) is 7.04. The van der Waals surface area contributed by atoms with E-state index in [9.17, 15) is 9.59 Å². The summed E-state index contributed by atoms with van der Waals surface area (Å²) in [7, 11) is 0. The van der Waals surface area contributed by atoms with Crippen molar-refractivity contribution >= 4 is 17.5 Å². The van der Waals surface area contributed by atoms with Crippen LogP contribution in [0, 0.1) is 6.92 Å².